The number of phenols is 1. The molecule has 100 valence electrons. The van der Waals surface area contributed by atoms with E-state index in [0.29, 0.717) is 5.75 Å². The van der Waals surface area contributed by atoms with Gasteiger partial charge >= 0.3 is 0 Å². The van der Waals surface area contributed by atoms with Crippen molar-refractivity contribution in [3.8, 4) is 16.9 Å². The normalized spacial score (nSPS) is 10.9. The molecule has 0 heterocycles. The zero-order valence-corrected chi connectivity index (χ0v) is 12.0. The van der Waals surface area contributed by atoms with Crippen molar-refractivity contribution in [3.05, 3.63) is 65.2 Å². The summed E-state index contributed by atoms with van der Waals surface area (Å²) in [6.07, 6.45) is 0.948. The monoisotopic (exact) mass is 282 g/mol. The molecule has 3 rings (SSSR count). The third-order valence-electron chi connectivity index (χ3n) is 3.58. The Morgan fingerprint density at radius 2 is 1.65 bits per heavy atom. The average Bonchev–Trinajstić information content (AvgIpc) is 2.46. The van der Waals surface area contributed by atoms with Crippen molar-refractivity contribution in [2.24, 2.45) is 0 Å². The number of fused-ring (bicyclic) bond motifs is 1. The Labute approximate surface area is 123 Å². The van der Waals surface area contributed by atoms with Crippen LogP contribution in [0.15, 0.2) is 54.6 Å². The lowest BCUT2D eigenvalue weighted by Crippen LogP contribution is -1.88. The van der Waals surface area contributed by atoms with E-state index in [1.54, 1.807) is 12.1 Å². The molecule has 2 heteroatoms. The van der Waals surface area contributed by atoms with Crippen molar-refractivity contribution in [2.75, 3.05) is 0 Å². The Morgan fingerprint density at radius 3 is 2.45 bits per heavy atom. The smallest absolute Gasteiger partial charge is 0.116 e. The van der Waals surface area contributed by atoms with Crippen LogP contribution in [0.5, 0.6) is 5.75 Å². The minimum absolute atomic E-state index is 0.297. The number of halogens is 1. The molecule has 0 aliphatic carbocycles. The topological polar surface area (TPSA) is 20.2 Å². The number of rotatable bonds is 2. The molecule has 0 fully saturated rings. The van der Waals surface area contributed by atoms with E-state index < -0.39 is 0 Å². The molecule has 0 unspecified atom stereocenters. The van der Waals surface area contributed by atoms with Crippen LogP contribution in [-0.2, 0) is 6.42 Å². The van der Waals surface area contributed by atoms with Crippen LogP contribution in [0.3, 0.4) is 0 Å². The molecule has 0 aliphatic heterocycles. The summed E-state index contributed by atoms with van der Waals surface area (Å²) in [4.78, 5) is 0. The Bertz CT molecular complexity index is 777. The lowest BCUT2D eigenvalue weighted by atomic mass is 9.96. The van der Waals surface area contributed by atoms with Crippen molar-refractivity contribution < 1.29 is 5.11 Å². The summed E-state index contributed by atoms with van der Waals surface area (Å²) in [6, 6.07) is 17.7. The first-order valence-corrected chi connectivity index (χ1v) is 7.07. The lowest BCUT2D eigenvalue weighted by Gasteiger charge is -2.10. The predicted molar refractivity (Wildman–Crippen MR) is 85.4 cm³/mol. The minimum atomic E-state index is 0.297. The molecule has 0 spiro atoms. The molecular formula is C18H15ClO. The molecule has 0 radical (unpaired) electrons. The summed E-state index contributed by atoms with van der Waals surface area (Å²) in [5, 5.41) is 12.5. The molecule has 0 saturated carbocycles. The van der Waals surface area contributed by atoms with Crippen LogP contribution in [0.2, 0.25) is 5.02 Å². The first-order chi connectivity index (χ1) is 9.67. The van der Waals surface area contributed by atoms with E-state index in [2.05, 4.69) is 25.1 Å². The number of hydrogen-bond donors (Lipinski definition) is 1. The highest BCUT2D eigenvalue weighted by Crippen LogP contribution is 2.30. The molecule has 3 aromatic rings. The average molecular weight is 283 g/mol. The van der Waals surface area contributed by atoms with E-state index in [9.17, 15) is 5.11 Å². The van der Waals surface area contributed by atoms with E-state index in [4.69, 9.17) is 11.6 Å². The van der Waals surface area contributed by atoms with Gasteiger partial charge in [-0.05, 0) is 64.2 Å². The molecule has 3 aromatic carbocycles. The summed E-state index contributed by atoms with van der Waals surface area (Å²) >= 11 is 6.07. The van der Waals surface area contributed by atoms with E-state index >= 15 is 0 Å². The highest BCUT2D eigenvalue weighted by atomic mass is 35.5. The van der Waals surface area contributed by atoms with Crippen molar-refractivity contribution in [3.63, 3.8) is 0 Å². The summed E-state index contributed by atoms with van der Waals surface area (Å²) in [7, 11) is 0. The van der Waals surface area contributed by atoms with E-state index in [0.717, 1.165) is 22.2 Å². The van der Waals surface area contributed by atoms with Crippen LogP contribution in [-0.4, -0.2) is 5.11 Å². The number of aryl methyl sites for hydroxylation is 1. The number of hydrogen-bond acceptors (Lipinski definition) is 1. The molecule has 0 bridgehead atoms. The Kier molecular flexibility index (Phi) is 3.37. The highest BCUT2D eigenvalue weighted by molar-refractivity contribution is 6.30. The maximum atomic E-state index is 9.51. The molecule has 0 aliphatic rings. The Balaban J connectivity index is 2.17. The largest absolute Gasteiger partial charge is 0.508 e. The van der Waals surface area contributed by atoms with Gasteiger partial charge in [-0.15, -0.1) is 0 Å². The zero-order chi connectivity index (χ0) is 14.1. The Hall–Kier alpha value is -1.99. The van der Waals surface area contributed by atoms with Gasteiger partial charge in [0, 0.05) is 5.02 Å². The fraction of sp³-hybridized carbons (Fsp3) is 0.111. The van der Waals surface area contributed by atoms with Crippen LogP contribution in [0.4, 0.5) is 0 Å². The van der Waals surface area contributed by atoms with Crippen LogP contribution >= 0.6 is 11.6 Å². The summed E-state index contributed by atoms with van der Waals surface area (Å²) in [5.74, 6) is 0.297. The van der Waals surface area contributed by atoms with Gasteiger partial charge in [-0.1, -0.05) is 42.8 Å². The molecular weight excluding hydrogens is 268 g/mol. The van der Waals surface area contributed by atoms with Crippen LogP contribution in [0, 0.1) is 0 Å². The summed E-state index contributed by atoms with van der Waals surface area (Å²) < 4.78 is 0. The van der Waals surface area contributed by atoms with Gasteiger partial charge < -0.3 is 5.11 Å². The molecule has 0 aromatic heterocycles. The second-order valence-corrected chi connectivity index (χ2v) is 5.34. The van der Waals surface area contributed by atoms with Gasteiger partial charge in [0.05, 0.1) is 0 Å². The van der Waals surface area contributed by atoms with Gasteiger partial charge in [-0.2, -0.15) is 0 Å². The van der Waals surface area contributed by atoms with Gasteiger partial charge in [-0.25, -0.2) is 0 Å². The summed E-state index contributed by atoms with van der Waals surface area (Å²) in [5.41, 5.74) is 3.64. The minimum Gasteiger partial charge on any atom is -0.508 e. The quantitative estimate of drug-likeness (QED) is 0.664. The van der Waals surface area contributed by atoms with Gasteiger partial charge in [0.25, 0.3) is 0 Å². The second-order valence-electron chi connectivity index (χ2n) is 4.90. The van der Waals surface area contributed by atoms with Crippen molar-refractivity contribution >= 4 is 22.4 Å². The highest BCUT2D eigenvalue weighted by Gasteiger charge is 2.06. The molecule has 1 N–H and O–H groups in total. The zero-order valence-electron chi connectivity index (χ0n) is 11.2. The van der Waals surface area contributed by atoms with E-state index in [1.807, 2.05) is 24.3 Å². The van der Waals surface area contributed by atoms with Crippen molar-refractivity contribution in [1.82, 2.24) is 0 Å². The molecule has 0 saturated heterocycles. The van der Waals surface area contributed by atoms with Crippen LogP contribution in [0.25, 0.3) is 21.9 Å². The number of phenolic OH excluding ortho intramolecular Hbond substituents is 1. The first kappa shape index (κ1) is 13.0. The lowest BCUT2D eigenvalue weighted by molar-refractivity contribution is 0.476. The van der Waals surface area contributed by atoms with E-state index in [-0.39, 0.29) is 0 Å². The predicted octanol–water partition coefficient (Wildman–Crippen LogP) is 5.43. The SMILES string of the molecule is CCc1cc(Cl)ccc1-c1ccc2cc(O)ccc2c1. The third-order valence-corrected chi connectivity index (χ3v) is 3.82. The fourth-order valence-corrected chi connectivity index (χ4v) is 2.73. The Morgan fingerprint density at radius 1 is 0.900 bits per heavy atom. The van der Waals surface area contributed by atoms with Crippen LogP contribution in [0.1, 0.15) is 12.5 Å². The number of benzene rings is 3. The van der Waals surface area contributed by atoms with Crippen LogP contribution < -0.4 is 0 Å². The molecule has 1 nitrogen and oxygen atoms in total. The van der Waals surface area contributed by atoms with E-state index in [1.165, 1.54) is 16.7 Å². The second kappa shape index (κ2) is 5.18. The van der Waals surface area contributed by atoms with Gasteiger partial charge in [0.15, 0.2) is 0 Å². The van der Waals surface area contributed by atoms with Gasteiger partial charge in [-0.3, -0.25) is 0 Å². The fourth-order valence-electron chi connectivity index (χ4n) is 2.54. The third kappa shape index (κ3) is 2.37. The van der Waals surface area contributed by atoms with Crippen molar-refractivity contribution in [2.45, 2.75) is 13.3 Å². The number of aromatic hydroxyl groups is 1. The molecule has 0 atom stereocenters. The first-order valence-electron chi connectivity index (χ1n) is 6.69. The molecule has 0 amide bonds. The maximum Gasteiger partial charge on any atom is 0.116 e. The van der Waals surface area contributed by atoms with Crippen molar-refractivity contribution in [1.29, 1.82) is 0 Å². The summed E-state index contributed by atoms with van der Waals surface area (Å²) in [6.45, 7) is 2.13. The maximum absolute atomic E-state index is 9.51. The standard InChI is InChI=1S/C18H15ClO/c1-2-12-10-16(19)6-8-18(12)15-4-3-14-11-17(20)7-5-13(14)9-15/h3-11,20H,2H2,1H3. The molecule has 20 heavy (non-hydrogen) atoms. The van der Waals surface area contributed by atoms with Gasteiger partial charge in [0.1, 0.15) is 5.75 Å². The van der Waals surface area contributed by atoms with Gasteiger partial charge in [0.2, 0.25) is 0 Å².